The SMILES string of the molecule is COC(=O)/C=C(\C(=O)OC)N1CCC(=C=O)c2cc(F)ccc21. The first kappa shape index (κ1) is 16.5. The predicted molar refractivity (Wildman–Crippen MR) is 79.6 cm³/mol. The van der Waals surface area contributed by atoms with Gasteiger partial charge in [0.15, 0.2) is 0 Å². The number of hydrogen-bond acceptors (Lipinski definition) is 6. The molecule has 1 aromatic carbocycles. The second-order valence-electron chi connectivity index (χ2n) is 4.69. The zero-order valence-electron chi connectivity index (χ0n) is 12.6. The molecular weight excluding hydrogens is 305 g/mol. The molecule has 0 fully saturated rings. The molecule has 0 saturated heterocycles. The number of anilines is 1. The van der Waals surface area contributed by atoms with Crippen LogP contribution in [0.4, 0.5) is 10.1 Å². The average molecular weight is 319 g/mol. The molecule has 1 aromatic rings. The first-order valence-electron chi connectivity index (χ1n) is 6.71. The van der Waals surface area contributed by atoms with Crippen molar-refractivity contribution in [2.45, 2.75) is 6.42 Å². The van der Waals surface area contributed by atoms with E-state index < -0.39 is 17.8 Å². The lowest BCUT2D eigenvalue weighted by molar-refractivity contribution is -0.138. The van der Waals surface area contributed by atoms with Gasteiger partial charge in [-0.25, -0.2) is 18.8 Å². The predicted octanol–water partition coefficient (Wildman–Crippen LogP) is 1.48. The Morgan fingerprint density at radius 3 is 2.65 bits per heavy atom. The van der Waals surface area contributed by atoms with Gasteiger partial charge in [0.25, 0.3) is 0 Å². The van der Waals surface area contributed by atoms with Crippen molar-refractivity contribution in [2.75, 3.05) is 25.7 Å². The molecule has 0 saturated carbocycles. The molecule has 0 unspecified atom stereocenters. The van der Waals surface area contributed by atoms with Gasteiger partial charge < -0.3 is 14.4 Å². The van der Waals surface area contributed by atoms with Crippen LogP contribution in [0.1, 0.15) is 12.0 Å². The molecule has 0 spiro atoms. The van der Waals surface area contributed by atoms with Gasteiger partial charge in [0.1, 0.15) is 17.5 Å². The van der Waals surface area contributed by atoms with Gasteiger partial charge in [0.2, 0.25) is 0 Å². The number of fused-ring (bicyclic) bond motifs is 1. The van der Waals surface area contributed by atoms with Crippen LogP contribution in [-0.4, -0.2) is 38.6 Å². The fraction of sp³-hybridized carbons (Fsp3) is 0.250. The van der Waals surface area contributed by atoms with E-state index in [4.69, 9.17) is 0 Å². The molecule has 1 heterocycles. The minimum atomic E-state index is -0.746. The lowest BCUT2D eigenvalue weighted by Gasteiger charge is -2.32. The van der Waals surface area contributed by atoms with Crippen molar-refractivity contribution < 1.29 is 28.2 Å². The zero-order chi connectivity index (χ0) is 17.0. The molecule has 6 nitrogen and oxygen atoms in total. The molecule has 0 atom stereocenters. The number of esters is 2. The van der Waals surface area contributed by atoms with Crippen molar-refractivity contribution in [3.05, 3.63) is 41.4 Å². The normalized spacial score (nSPS) is 14.0. The number of carbonyl (C=O) groups is 2. The lowest BCUT2D eigenvalue weighted by Crippen LogP contribution is -2.33. The Labute approximate surface area is 131 Å². The standard InChI is InChI=1S/C16H14FNO5/c1-22-15(20)8-14(16(21)23-2)18-6-5-10(9-19)12-7-11(17)3-4-13(12)18/h3-4,7-8H,5-6H2,1-2H3/b14-8+. The fourth-order valence-electron chi connectivity index (χ4n) is 2.34. The van der Waals surface area contributed by atoms with Crippen LogP contribution in [-0.2, 0) is 23.9 Å². The molecule has 1 aliphatic heterocycles. The van der Waals surface area contributed by atoms with Gasteiger partial charge in [0, 0.05) is 29.8 Å². The van der Waals surface area contributed by atoms with Gasteiger partial charge in [-0.15, -0.1) is 0 Å². The van der Waals surface area contributed by atoms with Gasteiger partial charge in [0.05, 0.1) is 20.3 Å². The lowest BCUT2D eigenvalue weighted by atomic mass is 9.96. The van der Waals surface area contributed by atoms with E-state index in [2.05, 4.69) is 9.47 Å². The van der Waals surface area contributed by atoms with E-state index >= 15 is 0 Å². The smallest absolute Gasteiger partial charge is 0.354 e. The van der Waals surface area contributed by atoms with Crippen LogP contribution < -0.4 is 4.90 Å². The third kappa shape index (κ3) is 3.30. The van der Waals surface area contributed by atoms with E-state index in [1.807, 2.05) is 0 Å². The molecule has 2 rings (SSSR count). The molecule has 0 aromatic heterocycles. The fourth-order valence-corrected chi connectivity index (χ4v) is 2.34. The summed E-state index contributed by atoms with van der Waals surface area (Å²) in [5.74, 6) is -0.207. The highest BCUT2D eigenvalue weighted by atomic mass is 19.1. The first-order valence-corrected chi connectivity index (χ1v) is 6.71. The summed E-state index contributed by atoms with van der Waals surface area (Å²) < 4.78 is 22.7. The van der Waals surface area contributed by atoms with E-state index in [0.717, 1.165) is 6.08 Å². The number of halogens is 1. The van der Waals surface area contributed by atoms with Gasteiger partial charge >= 0.3 is 11.9 Å². The Balaban J connectivity index is 2.58. The second-order valence-corrected chi connectivity index (χ2v) is 4.69. The van der Waals surface area contributed by atoms with E-state index in [0.29, 0.717) is 16.8 Å². The van der Waals surface area contributed by atoms with Crippen LogP contribution in [0.5, 0.6) is 0 Å². The maximum atomic E-state index is 13.5. The van der Waals surface area contributed by atoms with Crippen LogP contribution >= 0.6 is 0 Å². The van der Waals surface area contributed by atoms with Gasteiger partial charge in [-0.05, 0) is 18.2 Å². The molecule has 0 radical (unpaired) electrons. The number of benzene rings is 1. The maximum Gasteiger partial charge on any atom is 0.354 e. The van der Waals surface area contributed by atoms with E-state index in [1.165, 1.54) is 37.3 Å². The summed E-state index contributed by atoms with van der Waals surface area (Å²) in [4.78, 5) is 36.0. The number of nitrogens with zero attached hydrogens (tertiary/aromatic N) is 1. The number of hydrogen-bond donors (Lipinski definition) is 0. The van der Waals surface area contributed by atoms with Gasteiger partial charge in [-0.1, -0.05) is 0 Å². The summed E-state index contributed by atoms with van der Waals surface area (Å²) in [6.45, 7) is 0.237. The largest absolute Gasteiger partial charge is 0.466 e. The van der Waals surface area contributed by atoms with Crippen molar-refractivity contribution in [2.24, 2.45) is 0 Å². The third-order valence-corrected chi connectivity index (χ3v) is 3.42. The summed E-state index contributed by atoms with van der Waals surface area (Å²) in [5.41, 5.74) is 0.984. The molecule has 0 N–H and O–H groups in total. The molecule has 0 amide bonds. The minimum Gasteiger partial charge on any atom is -0.466 e. The topological polar surface area (TPSA) is 72.9 Å². The van der Waals surface area contributed by atoms with Crippen LogP contribution in [0.3, 0.4) is 0 Å². The minimum absolute atomic E-state index is 0.0582. The van der Waals surface area contributed by atoms with E-state index in [-0.39, 0.29) is 18.7 Å². The van der Waals surface area contributed by atoms with Crippen molar-refractivity contribution in [1.82, 2.24) is 0 Å². The van der Waals surface area contributed by atoms with Crippen molar-refractivity contribution in [1.29, 1.82) is 0 Å². The number of ether oxygens (including phenoxy) is 2. The monoisotopic (exact) mass is 319 g/mol. The zero-order valence-corrected chi connectivity index (χ0v) is 12.6. The summed E-state index contributed by atoms with van der Waals surface area (Å²) >= 11 is 0. The van der Waals surface area contributed by atoms with Crippen molar-refractivity contribution >= 4 is 29.1 Å². The van der Waals surface area contributed by atoms with E-state index in [1.54, 1.807) is 5.94 Å². The average Bonchev–Trinajstić information content (AvgIpc) is 2.57. The quantitative estimate of drug-likeness (QED) is 0.477. The summed E-state index contributed by atoms with van der Waals surface area (Å²) in [6.07, 6.45) is 1.24. The molecule has 23 heavy (non-hydrogen) atoms. The Morgan fingerprint density at radius 1 is 1.30 bits per heavy atom. The highest BCUT2D eigenvalue weighted by Crippen LogP contribution is 2.36. The molecule has 0 aliphatic carbocycles. The van der Waals surface area contributed by atoms with E-state index in [9.17, 15) is 18.8 Å². The summed E-state index contributed by atoms with van der Waals surface area (Å²) in [6, 6.07) is 3.82. The highest BCUT2D eigenvalue weighted by Gasteiger charge is 2.28. The summed E-state index contributed by atoms with van der Waals surface area (Å²) in [7, 11) is 2.36. The number of rotatable bonds is 3. The van der Waals surface area contributed by atoms with Crippen molar-refractivity contribution in [3.63, 3.8) is 0 Å². The molecule has 0 bridgehead atoms. The molecule has 1 aliphatic rings. The molecule has 7 heteroatoms. The number of methoxy groups -OCH3 is 2. The van der Waals surface area contributed by atoms with Gasteiger partial charge in [-0.3, -0.25) is 0 Å². The van der Waals surface area contributed by atoms with Gasteiger partial charge in [-0.2, -0.15) is 0 Å². The Kier molecular flexibility index (Phi) is 4.93. The van der Waals surface area contributed by atoms with Crippen LogP contribution in [0.25, 0.3) is 5.57 Å². The third-order valence-electron chi connectivity index (χ3n) is 3.42. The Hall–Kier alpha value is -2.92. The number of carbonyl (C=O) groups excluding carboxylic acids is 3. The van der Waals surface area contributed by atoms with Crippen LogP contribution in [0.2, 0.25) is 0 Å². The van der Waals surface area contributed by atoms with Crippen LogP contribution in [0.15, 0.2) is 30.0 Å². The molecular formula is C16H14FNO5. The van der Waals surface area contributed by atoms with Crippen LogP contribution in [0, 0.1) is 5.82 Å². The maximum absolute atomic E-state index is 13.5. The summed E-state index contributed by atoms with van der Waals surface area (Å²) in [5, 5.41) is 0. The first-order chi connectivity index (χ1) is 11.0. The molecule has 120 valence electrons. The Morgan fingerprint density at radius 2 is 2.04 bits per heavy atom. The highest BCUT2D eigenvalue weighted by molar-refractivity contribution is 6.02. The second kappa shape index (κ2) is 6.89. The van der Waals surface area contributed by atoms with Crippen molar-refractivity contribution in [3.8, 4) is 0 Å². The Bertz CT molecular complexity index is 734.